The van der Waals surface area contributed by atoms with Crippen LogP contribution in [0.25, 0.3) is 0 Å². The van der Waals surface area contributed by atoms with Crippen molar-refractivity contribution in [2.45, 2.75) is 58.5 Å². The van der Waals surface area contributed by atoms with Crippen LogP contribution in [0.2, 0.25) is 0 Å². The molecule has 0 heterocycles. The summed E-state index contributed by atoms with van der Waals surface area (Å²) in [5.74, 6) is 0.854. The van der Waals surface area contributed by atoms with Gasteiger partial charge in [0.1, 0.15) is 5.75 Å². The Hall–Kier alpha value is -2.04. The average molecular weight is 332 g/mol. The minimum Gasteiger partial charge on any atom is -0.494 e. The Bertz CT molecular complexity index is 550. The van der Waals surface area contributed by atoms with E-state index in [0.717, 1.165) is 18.6 Å². The Kier molecular flexibility index (Phi) is 6.64. The van der Waals surface area contributed by atoms with Crippen LogP contribution < -0.4 is 10.1 Å². The smallest absolute Gasteiger partial charge is 0.254 e. The molecule has 132 valence electrons. The Labute approximate surface area is 144 Å². The second kappa shape index (κ2) is 8.71. The van der Waals surface area contributed by atoms with E-state index in [9.17, 15) is 9.59 Å². The standard InChI is InChI=1S/C19H28N2O3/c1-4-24-17-11-7-15(8-12-17)19(23)21(14(2)3)13-5-6-18(22)20-16-9-10-16/h7-8,11-12,14,16H,4-6,9-10,13H2,1-3H3,(H,20,22). The SMILES string of the molecule is CCOc1ccc(C(=O)N(CCCC(=O)NC2CC2)C(C)C)cc1. The minimum absolute atomic E-state index is 0.00403. The molecule has 0 radical (unpaired) electrons. The van der Waals surface area contributed by atoms with Gasteiger partial charge >= 0.3 is 0 Å². The molecular weight excluding hydrogens is 304 g/mol. The van der Waals surface area contributed by atoms with Gasteiger partial charge in [-0.3, -0.25) is 9.59 Å². The molecule has 1 aromatic rings. The van der Waals surface area contributed by atoms with Crippen molar-refractivity contribution in [1.82, 2.24) is 10.2 Å². The normalized spacial score (nSPS) is 13.7. The van der Waals surface area contributed by atoms with Gasteiger partial charge in [0, 0.05) is 30.6 Å². The number of hydrogen-bond acceptors (Lipinski definition) is 3. The maximum absolute atomic E-state index is 12.7. The van der Waals surface area contributed by atoms with Gasteiger partial charge in [0.05, 0.1) is 6.61 Å². The van der Waals surface area contributed by atoms with Gasteiger partial charge < -0.3 is 15.0 Å². The van der Waals surface area contributed by atoms with E-state index in [0.29, 0.717) is 37.6 Å². The Morgan fingerprint density at radius 2 is 1.92 bits per heavy atom. The van der Waals surface area contributed by atoms with Crippen molar-refractivity contribution in [1.29, 1.82) is 0 Å². The van der Waals surface area contributed by atoms with Gasteiger partial charge in [0.15, 0.2) is 0 Å². The van der Waals surface area contributed by atoms with Gasteiger partial charge in [0.2, 0.25) is 5.91 Å². The molecule has 24 heavy (non-hydrogen) atoms. The van der Waals surface area contributed by atoms with Crippen LogP contribution in [-0.4, -0.2) is 41.9 Å². The fourth-order valence-corrected chi connectivity index (χ4v) is 2.56. The van der Waals surface area contributed by atoms with Crippen LogP contribution in [0.1, 0.15) is 56.8 Å². The van der Waals surface area contributed by atoms with Crippen molar-refractivity contribution in [2.24, 2.45) is 0 Å². The zero-order valence-electron chi connectivity index (χ0n) is 14.9. The molecule has 2 amide bonds. The number of nitrogens with one attached hydrogen (secondary N) is 1. The second-order valence-corrected chi connectivity index (χ2v) is 6.50. The predicted octanol–water partition coefficient (Wildman–Crippen LogP) is 2.99. The summed E-state index contributed by atoms with van der Waals surface area (Å²) in [5, 5.41) is 2.98. The third-order valence-electron chi connectivity index (χ3n) is 4.04. The zero-order valence-corrected chi connectivity index (χ0v) is 14.9. The molecule has 0 spiro atoms. The summed E-state index contributed by atoms with van der Waals surface area (Å²) in [5.41, 5.74) is 0.648. The largest absolute Gasteiger partial charge is 0.494 e. The summed E-state index contributed by atoms with van der Waals surface area (Å²) < 4.78 is 5.41. The molecule has 0 aliphatic heterocycles. The Morgan fingerprint density at radius 3 is 2.46 bits per heavy atom. The third kappa shape index (κ3) is 5.55. The molecule has 2 rings (SSSR count). The van der Waals surface area contributed by atoms with Crippen LogP contribution >= 0.6 is 0 Å². The van der Waals surface area contributed by atoms with Gasteiger partial charge in [-0.25, -0.2) is 0 Å². The van der Waals surface area contributed by atoms with Crippen molar-refractivity contribution in [2.75, 3.05) is 13.2 Å². The molecule has 1 fully saturated rings. The van der Waals surface area contributed by atoms with E-state index in [2.05, 4.69) is 5.32 Å². The zero-order chi connectivity index (χ0) is 17.5. The van der Waals surface area contributed by atoms with Crippen molar-refractivity contribution in [3.8, 4) is 5.75 Å². The van der Waals surface area contributed by atoms with Gasteiger partial charge in [-0.05, 0) is 64.3 Å². The number of benzene rings is 1. The fraction of sp³-hybridized carbons (Fsp3) is 0.579. The number of carbonyl (C=O) groups excluding carboxylic acids is 2. The first-order chi connectivity index (χ1) is 11.5. The summed E-state index contributed by atoms with van der Waals surface area (Å²) in [6.45, 7) is 7.11. The molecule has 0 aromatic heterocycles. The van der Waals surface area contributed by atoms with Crippen LogP contribution in [0.15, 0.2) is 24.3 Å². The molecule has 0 bridgehead atoms. The molecule has 1 N–H and O–H groups in total. The molecule has 1 aromatic carbocycles. The number of rotatable bonds is 9. The molecule has 0 atom stereocenters. The first-order valence-corrected chi connectivity index (χ1v) is 8.84. The lowest BCUT2D eigenvalue weighted by Gasteiger charge is -2.27. The van der Waals surface area contributed by atoms with Crippen LogP contribution in [0.5, 0.6) is 5.75 Å². The number of hydrogen-bond donors (Lipinski definition) is 1. The molecule has 0 saturated heterocycles. The van der Waals surface area contributed by atoms with Gasteiger partial charge in [-0.15, -0.1) is 0 Å². The fourth-order valence-electron chi connectivity index (χ4n) is 2.56. The van der Waals surface area contributed by atoms with Crippen molar-refractivity contribution in [3.05, 3.63) is 29.8 Å². The number of ether oxygens (including phenoxy) is 1. The van der Waals surface area contributed by atoms with E-state index < -0.39 is 0 Å². The minimum atomic E-state index is -0.00403. The van der Waals surface area contributed by atoms with Crippen LogP contribution in [0.3, 0.4) is 0 Å². The van der Waals surface area contributed by atoms with Crippen LogP contribution in [0.4, 0.5) is 0 Å². The summed E-state index contributed by atoms with van der Waals surface area (Å²) in [6, 6.07) is 7.71. The second-order valence-electron chi connectivity index (χ2n) is 6.50. The van der Waals surface area contributed by atoms with E-state index in [1.54, 1.807) is 12.1 Å². The molecule has 0 unspecified atom stereocenters. The van der Waals surface area contributed by atoms with E-state index in [4.69, 9.17) is 4.74 Å². The predicted molar refractivity (Wildman–Crippen MR) is 94.2 cm³/mol. The maximum atomic E-state index is 12.7. The van der Waals surface area contributed by atoms with Crippen molar-refractivity contribution >= 4 is 11.8 Å². The molecule has 5 heteroatoms. The highest BCUT2D eigenvalue weighted by atomic mass is 16.5. The summed E-state index contributed by atoms with van der Waals surface area (Å²) in [7, 11) is 0. The Morgan fingerprint density at radius 1 is 1.25 bits per heavy atom. The van der Waals surface area contributed by atoms with E-state index in [1.165, 1.54) is 0 Å². The summed E-state index contributed by atoms with van der Waals surface area (Å²) in [6.07, 6.45) is 3.34. The maximum Gasteiger partial charge on any atom is 0.254 e. The number of carbonyl (C=O) groups is 2. The molecule has 1 aliphatic rings. The van der Waals surface area contributed by atoms with E-state index >= 15 is 0 Å². The van der Waals surface area contributed by atoms with Crippen molar-refractivity contribution in [3.63, 3.8) is 0 Å². The topological polar surface area (TPSA) is 58.6 Å². The number of amides is 2. The number of nitrogens with zero attached hydrogens (tertiary/aromatic N) is 1. The lowest BCUT2D eigenvalue weighted by molar-refractivity contribution is -0.121. The van der Waals surface area contributed by atoms with Gasteiger partial charge in [-0.2, -0.15) is 0 Å². The quantitative estimate of drug-likeness (QED) is 0.756. The lowest BCUT2D eigenvalue weighted by atomic mass is 10.1. The summed E-state index contributed by atoms with van der Waals surface area (Å²) in [4.78, 5) is 26.3. The molecule has 5 nitrogen and oxygen atoms in total. The molecule has 1 saturated carbocycles. The monoisotopic (exact) mass is 332 g/mol. The lowest BCUT2D eigenvalue weighted by Crippen LogP contribution is -2.38. The Balaban J connectivity index is 1.87. The van der Waals surface area contributed by atoms with Crippen molar-refractivity contribution < 1.29 is 14.3 Å². The molecule has 1 aliphatic carbocycles. The van der Waals surface area contributed by atoms with E-state index in [1.807, 2.05) is 37.8 Å². The van der Waals surface area contributed by atoms with Crippen LogP contribution in [-0.2, 0) is 4.79 Å². The first-order valence-electron chi connectivity index (χ1n) is 8.84. The molecular formula is C19H28N2O3. The average Bonchev–Trinajstić information content (AvgIpc) is 3.35. The summed E-state index contributed by atoms with van der Waals surface area (Å²) >= 11 is 0. The third-order valence-corrected chi connectivity index (χ3v) is 4.04. The van der Waals surface area contributed by atoms with Gasteiger partial charge in [-0.1, -0.05) is 0 Å². The highest BCUT2D eigenvalue weighted by molar-refractivity contribution is 5.94. The first kappa shape index (κ1) is 18.3. The highest BCUT2D eigenvalue weighted by Crippen LogP contribution is 2.19. The van der Waals surface area contributed by atoms with Gasteiger partial charge in [0.25, 0.3) is 5.91 Å². The van der Waals surface area contributed by atoms with E-state index in [-0.39, 0.29) is 17.9 Å². The highest BCUT2D eigenvalue weighted by Gasteiger charge is 2.23. The van der Waals surface area contributed by atoms with Crippen LogP contribution in [0, 0.1) is 0 Å².